The van der Waals surface area contributed by atoms with Crippen LogP contribution in [0.1, 0.15) is 48.0 Å². The molecule has 0 aromatic heterocycles. The highest BCUT2D eigenvalue weighted by Gasteiger charge is 2.41. The van der Waals surface area contributed by atoms with Crippen molar-refractivity contribution in [1.82, 2.24) is 4.90 Å². The maximum atomic E-state index is 12.8. The number of methoxy groups -OCH3 is 1. The van der Waals surface area contributed by atoms with Gasteiger partial charge in [0.05, 0.1) is 0 Å². The molecule has 4 nitrogen and oxygen atoms in total. The van der Waals surface area contributed by atoms with Crippen LogP contribution in [0.2, 0.25) is 0 Å². The molecule has 0 bridgehead atoms. The van der Waals surface area contributed by atoms with Crippen molar-refractivity contribution in [2.45, 2.75) is 38.3 Å². The number of hydrogen-bond donors (Lipinski definition) is 1. The SMILES string of the molecule is CCC1c2ccc(N)cc2C(=O)N(CC2CC2)C1OC. The fourth-order valence-corrected chi connectivity index (χ4v) is 3.20. The molecular formula is C16H22N2O2. The van der Waals surface area contributed by atoms with E-state index in [4.69, 9.17) is 10.5 Å². The van der Waals surface area contributed by atoms with Crippen LogP contribution < -0.4 is 5.73 Å². The van der Waals surface area contributed by atoms with Crippen molar-refractivity contribution in [3.63, 3.8) is 0 Å². The second-order valence-corrected chi connectivity index (χ2v) is 5.89. The van der Waals surface area contributed by atoms with Gasteiger partial charge in [-0.3, -0.25) is 4.79 Å². The molecule has 0 spiro atoms. The van der Waals surface area contributed by atoms with E-state index >= 15 is 0 Å². The van der Waals surface area contributed by atoms with E-state index in [2.05, 4.69) is 6.92 Å². The summed E-state index contributed by atoms with van der Waals surface area (Å²) < 4.78 is 5.67. The van der Waals surface area contributed by atoms with Crippen LogP contribution in [-0.2, 0) is 4.74 Å². The summed E-state index contributed by atoms with van der Waals surface area (Å²) in [4.78, 5) is 14.7. The molecule has 1 aliphatic carbocycles. The molecule has 2 atom stereocenters. The zero-order chi connectivity index (χ0) is 14.3. The number of benzene rings is 1. The summed E-state index contributed by atoms with van der Waals surface area (Å²) in [5.41, 5.74) is 8.33. The van der Waals surface area contributed by atoms with Gasteiger partial charge in [0, 0.05) is 30.8 Å². The van der Waals surface area contributed by atoms with Gasteiger partial charge in [0.2, 0.25) is 0 Å². The lowest BCUT2D eigenvalue weighted by atomic mass is 9.85. The Bertz CT molecular complexity index is 525. The first-order valence-electron chi connectivity index (χ1n) is 7.38. The number of anilines is 1. The molecule has 108 valence electrons. The van der Waals surface area contributed by atoms with Crippen molar-refractivity contribution in [2.24, 2.45) is 5.92 Å². The number of ether oxygens (including phenoxy) is 1. The molecule has 20 heavy (non-hydrogen) atoms. The third-order valence-electron chi connectivity index (χ3n) is 4.45. The first-order chi connectivity index (χ1) is 9.65. The van der Waals surface area contributed by atoms with Gasteiger partial charge in [0.15, 0.2) is 0 Å². The Hall–Kier alpha value is -1.55. The molecule has 3 rings (SSSR count). The Morgan fingerprint density at radius 3 is 2.75 bits per heavy atom. The van der Waals surface area contributed by atoms with Crippen LogP contribution in [0.25, 0.3) is 0 Å². The molecule has 1 heterocycles. The smallest absolute Gasteiger partial charge is 0.256 e. The summed E-state index contributed by atoms with van der Waals surface area (Å²) in [6, 6.07) is 5.67. The largest absolute Gasteiger partial charge is 0.399 e. The summed E-state index contributed by atoms with van der Waals surface area (Å²) in [5.74, 6) is 0.944. The molecular weight excluding hydrogens is 252 g/mol. The zero-order valence-electron chi connectivity index (χ0n) is 12.1. The molecule has 1 aliphatic heterocycles. The van der Waals surface area contributed by atoms with Crippen LogP contribution >= 0.6 is 0 Å². The predicted molar refractivity (Wildman–Crippen MR) is 78.4 cm³/mol. The number of carbonyl (C=O) groups excluding carboxylic acids is 1. The molecule has 1 aromatic rings. The van der Waals surface area contributed by atoms with E-state index in [0.717, 1.165) is 24.1 Å². The lowest BCUT2D eigenvalue weighted by Crippen LogP contribution is -2.49. The average Bonchev–Trinajstić information content (AvgIpc) is 3.26. The molecule has 1 amide bonds. The number of carbonyl (C=O) groups is 1. The van der Waals surface area contributed by atoms with Gasteiger partial charge in [-0.25, -0.2) is 0 Å². The van der Waals surface area contributed by atoms with Crippen LogP contribution in [0.5, 0.6) is 0 Å². The fourth-order valence-electron chi connectivity index (χ4n) is 3.20. The van der Waals surface area contributed by atoms with Crippen LogP contribution in [0, 0.1) is 5.92 Å². The van der Waals surface area contributed by atoms with Crippen molar-refractivity contribution < 1.29 is 9.53 Å². The first-order valence-corrected chi connectivity index (χ1v) is 7.38. The normalized spacial score (nSPS) is 25.7. The van der Waals surface area contributed by atoms with Crippen molar-refractivity contribution in [1.29, 1.82) is 0 Å². The van der Waals surface area contributed by atoms with Crippen LogP contribution in [0.4, 0.5) is 5.69 Å². The summed E-state index contributed by atoms with van der Waals surface area (Å²) in [6.45, 7) is 2.95. The van der Waals surface area contributed by atoms with Crippen LogP contribution in [-0.4, -0.2) is 30.7 Å². The third kappa shape index (κ3) is 2.18. The van der Waals surface area contributed by atoms with Crippen LogP contribution in [0.3, 0.4) is 0 Å². The van der Waals surface area contributed by atoms with Gasteiger partial charge >= 0.3 is 0 Å². The van der Waals surface area contributed by atoms with Gasteiger partial charge in [-0.2, -0.15) is 0 Å². The van der Waals surface area contributed by atoms with Crippen LogP contribution in [0.15, 0.2) is 18.2 Å². The molecule has 2 aliphatic rings. The highest BCUT2D eigenvalue weighted by molar-refractivity contribution is 5.98. The van der Waals surface area contributed by atoms with Crippen molar-refractivity contribution in [3.05, 3.63) is 29.3 Å². The lowest BCUT2D eigenvalue weighted by Gasteiger charge is -2.41. The number of fused-ring (bicyclic) bond motifs is 1. The lowest BCUT2D eigenvalue weighted by molar-refractivity contribution is -0.0442. The van der Waals surface area contributed by atoms with Gasteiger partial charge in [-0.05, 0) is 42.9 Å². The monoisotopic (exact) mass is 274 g/mol. The summed E-state index contributed by atoms with van der Waals surface area (Å²) in [5, 5.41) is 0. The Kier molecular flexibility index (Phi) is 3.42. The van der Waals surface area contributed by atoms with Crippen molar-refractivity contribution in [3.8, 4) is 0 Å². The zero-order valence-corrected chi connectivity index (χ0v) is 12.1. The van der Waals surface area contributed by atoms with Gasteiger partial charge < -0.3 is 15.4 Å². The van der Waals surface area contributed by atoms with Gasteiger partial charge in [-0.1, -0.05) is 13.0 Å². The molecule has 2 unspecified atom stereocenters. The molecule has 4 heteroatoms. The maximum Gasteiger partial charge on any atom is 0.256 e. The topological polar surface area (TPSA) is 55.6 Å². The molecule has 0 radical (unpaired) electrons. The quantitative estimate of drug-likeness (QED) is 0.859. The van der Waals surface area contributed by atoms with E-state index in [9.17, 15) is 4.79 Å². The summed E-state index contributed by atoms with van der Waals surface area (Å²) in [6.07, 6.45) is 3.25. The Balaban J connectivity index is 2.02. The van der Waals surface area contributed by atoms with E-state index in [0.29, 0.717) is 11.6 Å². The van der Waals surface area contributed by atoms with Gasteiger partial charge in [0.25, 0.3) is 5.91 Å². The molecule has 0 saturated heterocycles. The minimum absolute atomic E-state index is 0.0655. The van der Waals surface area contributed by atoms with E-state index in [1.807, 2.05) is 23.1 Å². The number of nitrogens with two attached hydrogens (primary N) is 1. The molecule has 1 saturated carbocycles. The maximum absolute atomic E-state index is 12.8. The van der Waals surface area contributed by atoms with E-state index in [1.54, 1.807) is 7.11 Å². The Morgan fingerprint density at radius 1 is 1.40 bits per heavy atom. The predicted octanol–water partition coefficient (Wildman–Crippen LogP) is 2.60. The Labute approximate surface area is 119 Å². The van der Waals surface area contributed by atoms with E-state index < -0.39 is 0 Å². The Morgan fingerprint density at radius 2 is 2.15 bits per heavy atom. The number of nitrogens with zero attached hydrogens (tertiary/aromatic N) is 1. The van der Waals surface area contributed by atoms with Crippen molar-refractivity contribution in [2.75, 3.05) is 19.4 Å². The second-order valence-electron chi connectivity index (χ2n) is 5.89. The fraction of sp³-hybridized carbons (Fsp3) is 0.562. The van der Waals surface area contributed by atoms with Gasteiger partial charge in [-0.15, -0.1) is 0 Å². The number of nitrogen functional groups attached to an aromatic ring is 1. The second kappa shape index (κ2) is 5.09. The first kappa shape index (κ1) is 13.4. The average molecular weight is 274 g/mol. The summed E-state index contributed by atoms with van der Waals surface area (Å²) >= 11 is 0. The standard InChI is InChI=1S/C16H22N2O2/c1-3-12-13-7-6-11(17)8-14(13)15(19)18(16(12)20-2)9-10-4-5-10/h6-8,10,12,16H,3-5,9,17H2,1-2H3. The molecule has 2 N–H and O–H groups in total. The van der Waals surface area contributed by atoms with Gasteiger partial charge in [0.1, 0.15) is 6.23 Å². The highest BCUT2D eigenvalue weighted by atomic mass is 16.5. The highest BCUT2D eigenvalue weighted by Crippen LogP contribution is 2.39. The van der Waals surface area contributed by atoms with E-state index in [-0.39, 0.29) is 18.1 Å². The summed E-state index contributed by atoms with van der Waals surface area (Å²) in [7, 11) is 1.70. The molecule has 1 fully saturated rings. The third-order valence-corrected chi connectivity index (χ3v) is 4.45. The minimum Gasteiger partial charge on any atom is -0.399 e. The number of hydrogen-bond acceptors (Lipinski definition) is 3. The number of amides is 1. The van der Waals surface area contributed by atoms with E-state index in [1.165, 1.54) is 12.8 Å². The number of rotatable bonds is 4. The van der Waals surface area contributed by atoms with Crippen molar-refractivity contribution >= 4 is 11.6 Å². The molecule has 1 aromatic carbocycles. The minimum atomic E-state index is -0.149.